The van der Waals surface area contributed by atoms with Gasteiger partial charge in [-0.2, -0.15) is 0 Å². The second-order valence-corrected chi connectivity index (χ2v) is 6.52. The fourth-order valence-corrected chi connectivity index (χ4v) is 3.44. The summed E-state index contributed by atoms with van der Waals surface area (Å²) in [4.78, 5) is 27.5. The Kier molecular flexibility index (Phi) is 5.08. The Bertz CT molecular complexity index is 831. The number of hydrogen-bond acceptors (Lipinski definition) is 5. The third-order valence-corrected chi connectivity index (χ3v) is 5.08. The molecule has 1 saturated heterocycles. The van der Waals surface area contributed by atoms with Gasteiger partial charge < -0.3 is 19.6 Å². The van der Waals surface area contributed by atoms with Gasteiger partial charge in [0.2, 0.25) is 5.88 Å². The molecule has 7 heteroatoms. The van der Waals surface area contributed by atoms with Gasteiger partial charge in [-0.05, 0) is 31.2 Å². The Hall–Kier alpha value is -2.67. The Labute approximate surface area is 157 Å². The van der Waals surface area contributed by atoms with Crippen molar-refractivity contribution in [1.82, 2.24) is 4.90 Å². The fraction of sp³-hybridized carbons (Fsp3) is 0.316. The van der Waals surface area contributed by atoms with Crippen LogP contribution in [0.4, 0.5) is 5.69 Å². The van der Waals surface area contributed by atoms with E-state index in [1.807, 2.05) is 38.1 Å². The maximum Gasteiger partial charge on any atom is 0.305 e. The molecular weight excluding hydrogens is 352 g/mol. The van der Waals surface area contributed by atoms with E-state index >= 15 is 0 Å². The van der Waals surface area contributed by atoms with Gasteiger partial charge in [-0.3, -0.25) is 9.59 Å². The average Bonchev–Trinajstić information content (AvgIpc) is 3.06. The molecule has 1 fully saturated rings. The van der Waals surface area contributed by atoms with Crippen LogP contribution < -0.4 is 9.64 Å². The summed E-state index contributed by atoms with van der Waals surface area (Å²) >= 11 is 5.35. The number of likely N-dealkylation sites (N-methyl/N-ethyl adjacent to an activating group) is 1. The van der Waals surface area contributed by atoms with E-state index in [-0.39, 0.29) is 24.8 Å². The largest absolute Gasteiger partial charge is 0.481 e. The average molecular weight is 372 g/mol. The molecule has 0 saturated carbocycles. The second kappa shape index (κ2) is 7.29. The first kappa shape index (κ1) is 18.1. The number of hydrogen-bond donors (Lipinski definition) is 1. The lowest BCUT2D eigenvalue weighted by Crippen LogP contribution is -2.28. The van der Waals surface area contributed by atoms with Crippen molar-refractivity contribution in [3.05, 3.63) is 47.9 Å². The standard InChI is InChI=1S/C19H20N2O4S/c1-3-20-18(24)13(12(2)19(20)26)8-9-16-21(11-10-17(22)23)14-6-4-5-7-15(14)25-16/h4-9,12H,3,10-11H2,1-2H3,(H,22,23)/b13-8+,16-9+. The summed E-state index contributed by atoms with van der Waals surface area (Å²) in [6, 6.07) is 7.43. The van der Waals surface area contributed by atoms with Crippen molar-refractivity contribution in [2.75, 3.05) is 18.0 Å². The number of allylic oxidation sites excluding steroid dienone is 2. The molecule has 1 unspecified atom stereocenters. The fourth-order valence-electron chi connectivity index (χ4n) is 3.10. The summed E-state index contributed by atoms with van der Waals surface area (Å²) < 4.78 is 5.85. The quantitative estimate of drug-likeness (QED) is 0.633. The molecule has 6 nitrogen and oxygen atoms in total. The van der Waals surface area contributed by atoms with E-state index in [2.05, 4.69) is 0 Å². The molecule has 1 aromatic rings. The van der Waals surface area contributed by atoms with E-state index in [9.17, 15) is 9.59 Å². The Balaban J connectivity index is 1.91. The topological polar surface area (TPSA) is 70.1 Å². The first-order valence-corrected chi connectivity index (χ1v) is 8.88. The zero-order valence-corrected chi connectivity index (χ0v) is 15.5. The highest BCUT2D eigenvalue weighted by molar-refractivity contribution is 7.80. The minimum Gasteiger partial charge on any atom is -0.481 e. The number of thiocarbonyl (C=S) groups is 1. The SMILES string of the molecule is CCN1C(=O)/C(=C/C=C2/Oc3ccccc3N2CCC(=O)O)C(C)C1=S. The minimum atomic E-state index is -0.879. The second-order valence-electron chi connectivity index (χ2n) is 6.10. The van der Waals surface area contributed by atoms with E-state index in [1.165, 1.54) is 0 Å². The number of fused-ring (bicyclic) bond motifs is 1. The number of benzene rings is 1. The van der Waals surface area contributed by atoms with Crippen LogP contribution in [-0.2, 0) is 9.59 Å². The van der Waals surface area contributed by atoms with Gasteiger partial charge in [0, 0.05) is 24.6 Å². The molecule has 26 heavy (non-hydrogen) atoms. The highest BCUT2D eigenvalue weighted by Crippen LogP contribution is 2.39. The van der Waals surface area contributed by atoms with Crippen LogP contribution in [0.15, 0.2) is 47.9 Å². The monoisotopic (exact) mass is 372 g/mol. The number of likely N-dealkylation sites (tertiary alicyclic amines) is 1. The number of anilines is 1. The van der Waals surface area contributed by atoms with Crippen LogP contribution in [0.2, 0.25) is 0 Å². The van der Waals surface area contributed by atoms with Crippen molar-refractivity contribution in [2.45, 2.75) is 20.3 Å². The molecule has 1 N–H and O–H groups in total. The van der Waals surface area contributed by atoms with Crippen LogP contribution in [0.3, 0.4) is 0 Å². The third-order valence-electron chi connectivity index (χ3n) is 4.50. The van der Waals surface area contributed by atoms with Crippen LogP contribution in [0.25, 0.3) is 0 Å². The van der Waals surface area contributed by atoms with Crippen LogP contribution in [-0.4, -0.2) is 40.0 Å². The minimum absolute atomic E-state index is 0.0192. The normalized spacial score (nSPS) is 22.3. The smallest absolute Gasteiger partial charge is 0.305 e. The van der Waals surface area contributed by atoms with E-state index in [4.69, 9.17) is 22.1 Å². The number of amides is 1. The maximum atomic E-state index is 12.5. The predicted octanol–water partition coefficient (Wildman–Crippen LogP) is 2.95. The number of nitrogens with zero attached hydrogens (tertiary/aromatic N) is 2. The van der Waals surface area contributed by atoms with Crippen molar-refractivity contribution < 1.29 is 19.4 Å². The highest BCUT2D eigenvalue weighted by Gasteiger charge is 2.36. The first-order chi connectivity index (χ1) is 12.4. The van der Waals surface area contributed by atoms with Gasteiger partial charge in [0.15, 0.2) is 5.75 Å². The number of aliphatic carboxylic acids is 1. The van der Waals surface area contributed by atoms with Gasteiger partial charge >= 0.3 is 5.97 Å². The van der Waals surface area contributed by atoms with Crippen molar-refractivity contribution in [3.63, 3.8) is 0 Å². The van der Waals surface area contributed by atoms with Crippen molar-refractivity contribution in [3.8, 4) is 5.75 Å². The van der Waals surface area contributed by atoms with E-state index in [0.29, 0.717) is 28.7 Å². The lowest BCUT2D eigenvalue weighted by atomic mass is 10.0. The first-order valence-electron chi connectivity index (χ1n) is 8.47. The van der Waals surface area contributed by atoms with Crippen LogP contribution in [0.5, 0.6) is 5.75 Å². The molecule has 136 valence electrons. The number of carboxylic acids is 1. The summed E-state index contributed by atoms with van der Waals surface area (Å²) in [5.41, 5.74) is 1.43. The molecule has 1 atom stereocenters. The lowest BCUT2D eigenvalue weighted by molar-refractivity contribution is -0.136. The number of carbonyl (C=O) groups is 2. The number of carbonyl (C=O) groups excluding carboxylic acids is 1. The Morgan fingerprint density at radius 1 is 1.31 bits per heavy atom. The summed E-state index contributed by atoms with van der Waals surface area (Å²) in [5, 5.41) is 9.00. The zero-order valence-electron chi connectivity index (χ0n) is 14.6. The van der Waals surface area contributed by atoms with Gasteiger partial charge in [0.25, 0.3) is 5.91 Å². The summed E-state index contributed by atoms with van der Waals surface area (Å²) in [7, 11) is 0. The maximum absolute atomic E-state index is 12.5. The molecule has 2 heterocycles. The molecule has 1 aromatic carbocycles. The van der Waals surface area contributed by atoms with E-state index in [0.717, 1.165) is 5.69 Å². The summed E-state index contributed by atoms with van der Waals surface area (Å²) in [6.07, 6.45) is 3.42. The van der Waals surface area contributed by atoms with Gasteiger partial charge in [0.05, 0.1) is 17.1 Å². The molecule has 0 bridgehead atoms. The highest BCUT2D eigenvalue weighted by atomic mass is 32.1. The lowest BCUT2D eigenvalue weighted by Gasteiger charge is -2.16. The Morgan fingerprint density at radius 3 is 2.69 bits per heavy atom. The van der Waals surface area contributed by atoms with Gasteiger partial charge in [-0.25, -0.2) is 0 Å². The van der Waals surface area contributed by atoms with Gasteiger partial charge in [-0.1, -0.05) is 31.3 Å². The van der Waals surface area contributed by atoms with Gasteiger partial charge in [-0.15, -0.1) is 0 Å². The van der Waals surface area contributed by atoms with Crippen molar-refractivity contribution >= 4 is 34.8 Å². The molecule has 0 aromatic heterocycles. The molecule has 2 aliphatic rings. The number of para-hydroxylation sites is 2. The summed E-state index contributed by atoms with van der Waals surface area (Å²) in [6.45, 7) is 4.63. The van der Waals surface area contributed by atoms with Crippen LogP contribution >= 0.6 is 12.2 Å². The molecule has 0 radical (unpaired) electrons. The molecule has 0 spiro atoms. The molecule has 3 rings (SSSR count). The van der Waals surface area contributed by atoms with Crippen molar-refractivity contribution in [2.24, 2.45) is 5.92 Å². The van der Waals surface area contributed by atoms with E-state index < -0.39 is 5.97 Å². The van der Waals surface area contributed by atoms with E-state index in [1.54, 1.807) is 22.0 Å². The molecule has 1 amide bonds. The summed E-state index contributed by atoms with van der Waals surface area (Å²) in [5.74, 6) is 0.0652. The number of rotatable bonds is 5. The van der Waals surface area contributed by atoms with Gasteiger partial charge in [0.1, 0.15) is 0 Å². The Morgan fingerprint density at radius 2 is 2.04 bits per heavy atom. The zero-order chi connectivity index (χ0) is 18.8. The van der Waals surface area contributed by atoms with Crippen LogP contribution in [0, 0.1) is 5.92 Å². The number of carboxylic acid groups (broad SMARTS) is 1. The third kappa shape index (κ3) is 3.22. The predicted molar refractivity (Wildman–Crippen MR) is 102 cm³/mol. The number of ether oxygens (including phenoxy) is 1. The van der Waals surface area contributed by atoms with Crippen LogP contribution in [0.1, 0.15) is 20.3 Å². The molecule has 0 aliphatic carbocycles. The molecular formula is C19H20N2O4S. The van der Waals surface area contributed by atoms with Crippen molar-refractivity contribution in [1.29, 1.82) is 0 Å². The molecule has 2 aliphatic heterocycles.